The van der Waals surface area contributed by atoms with Gasteiger partial charge in [-0.1, -0.05) is 25.5 Å². The lowest BCUT2D eigenvalue weighted by molar-refractivity contribution is 0.237. The van der Waals surface area contributed by atoms with Gasteiger partial charge >= 0.3 is 0 Å². The second-order valence-corrected chi connectivity index (χ2v) is 4.48. The van der Waals surface area contributed by atoms with Crippen molar-refractivity contribution in [3.8, 4) is 5.75 Å². The van der Waals surface area contributed by atoms with Crippen LogP contribution in [-0.4, -0.2) is 24.6 Å². The Morgan fingerprint density at radius 2 is 2.13 bits per heavy atom. The van der Waals surface area contributed by atoms with Gasteiger partial charge in [0, 0.05) is 17.3 Å². The number of methoxy groups -OCH3 is 1. The zero-order valence-electron chi connectivity index (χ0n) is 9.27. The maximum atomic E-state index is 9.09. The highest BCUT2D eigenvalue weighted by Crippen LogP contribution is 2.30. The lowest BCUT2D eigenvalue weighted by Gasteiger charge is -2.12. The third-order valence-corrected chi connectivity index (χ3v) is 3.67. The molecule has 0 spiro atoms. The average Bonchev–Trinajstić information content (AvgIpc) is 2.31. The van der Waals surface area contributed by atoms with E-state index in [1.54, 1.807) is 18.9 Å². The van der Waals surface area contributed by atoms with Crippen LogP contribution in [0.25, 0.3) is 0 Å². The number of hydrogen-bond donors (Lipinski definition) is 1. The number of thioether (sulfide) groups is 1. The Bertz CT molecular complexity index is 285. The summed E-state index contributed by atoms with van der Waals surface area (Å²) < 4.78 is 5.26. The van der Waals surface area contributed by atoms with E-state index in [2.05, 4.69) is 6.92 Å². The molecule has 1 atom stereocenters. The second-order valence-electron chi connectivity index (χ2n) is 3.42. The molecule has 1 aromatic carbocycles. The number of aliphatic hydroxyl groups excluding tert-OH is 1. The average molecular weight is 226 g/mol. The van der Waals surface area contributed by atoms with Crippen molar-refractivity contribution in [3.05, 3.63) is 24.3 Å². The van der Waals surface area contributed by atoms with Crippen LogP contribution in [0.3, 0.4) is 0 Å². The van der Waals surface area contributed by atoms with E-state index in [1.165, 1.54) is 0 Å². The summed E-state index contributed by atoms with van der Waals surface area (Å²) in [6, 6.07) is 7.98. The van der Waals surface area contributed by atoms with Gasteiger partial charge in [0.05, 0.1) is 7.11 Å². The van der Waals surface area contributed by atoms with E-state index in [-0.39, 0.29) is 6.61 Å². The van der Waals surface area contributed by atoms with E-state index in [4.69, 9.17) is 9.84 Å². The standard InChI is InChI=1S/C12H18O2S/c1-3-10(8-13)9-15-12-7-5-4-6-11(12)14-2/h4-7,10,13H,3,8-9H2,1-2H3/t10-/m0/s1. The predicted octanol–water partition coefficient (Wildman–Crippen LogP) is 2.81. The van der Waals surface area contributed by atoms with Crippen LogP contribution in [0.1, 0.15) is 13.3 Å². The molecule has 0 aromatic heterocycles. The van der Waals surface area contributed by atoms with Gasteiger partial charge in [0.15, 0.2) is 0 Å². The van der Waals surface area contributed by atoms with Gasteiger partial charge < -0.3 is 9.84 Å². The fourth-order valence-electron chi connectivity index (χ4n) is 1.25. The molecule has 0 aliphatic rings. The lowest BCUT2D eigenvalue weighted by atomic mass is 10.1. The summed E-state index contributed by atoms with van der Waals surface area (Å²) >= 11 is 1.74. The summed E-state index contributed by atoms with van der Waals surface area (Å²) in [4.78, 5) is 1.15. The number of hydrogen-bond acceptors (Lipinski definition) is 3. The molecule has 0 radical (unpaired) electrons. The number of para-hydroxylation sites is 1. The van der Waals surface area contributed by atoms with E-state index >= 15 is 0 Å². The van der Waals surface area contributed by atoms with Gasteiger partial charge in [0.2, 0.25) is 0 Å². The molecule has 0 fully saturated rings. The zero-order valence-corrected chi connectivity index (χ0v) is 10.1. The molecule has 84 valence electrons. The molecule has 0 saturated heterocycles. The number of benzene rings is 1. The largest absolute Gasteiger partial charge is 0.496 e. The fraction of sp³-hybridized carbons (Fsp3) is 0.500. The third-order valence-electron chi connectivity index (χ3n) is 2.38. The first-order chi connectivity index (χ1) is 7.31. The maximum Gasteiger partial charge on any atom is 0.132 e. The van der Waals surface area contributed by atoms with Crippen LogP contribution in [0.15, 0.2) is 29.2 Å². The Morgan fingerprint density at radius 1 is 1.40 bits per heavy atom. The van der Waals surface area contributed by atoms with Crippen LogP contribution in [0.5, 0.6) is 5.75 Å². The van der Waals surface area contributed by atoms with E-state index in [0.29, 0.717) is 5.92 Å². The second kappa shape index (κ2) is 6.75. The maximum absolute atomic E-state index is 9.09. The molecule has 0 saturated carbocycles. The monoisotopic (exact) mass is 226 g/mol. The minimum atomic E-state index is 0.263. The third kappa shape index (κ3) is 3.76. The van der Waals surface area contributed by atoms with Gasteiger partial charge in [-0.2, -0.15) is 0 Å². The SMILES string of the molecule is CC[C@@H](CO)CSc1ccccc1OC. The van der Waals surface area contributed by atoms with Gasteiger partial charge in [-0.05, 0) is 18.1 Å². The van der Waals surface area contributed by atoms with E-state index in [1.807, 2.05) is 24.3 Å². The summed E-state index contributed by atoms with van der Waals surface area (Å²) in [5.41, 5.74) is 0. The molecule has 1 rings (SSSR count). The fourth-order valence-corrected chi connectivity index (χ4v) is 2.47. The van der Waals surface area contributed by atoms with Gasteiger partial charge in [0.25, 0.3) is 0 Å². The number of aliphatic hydroxyl groups is 1. The molecule has 0 unspecified atom stereocenters. The first-order valence-corrected chi connectivity index (χ1v) is 6.17. The molecule has 0 aliphatic heterocycles. The van der Waals surface area contributed by atoms with Crippen molar-refractivity contribution < 1.29 is 9.84 Å². The van der Waals surface area contributed by atoms with Gasteiger partial charge in [-0.25, -0.2) is 0 Å². The molecular weight excluding hydrogens is 208 g/mol. The Hall–Kier alpha value is -0.670. The van der Waals surface area contributed by atoms with Gasteiger partial charge in [-0.15, -0.1) is 11.8 Å². The van der Waals surface area contributed by atoms with Gasteiger partial charge in [-0.3, -0.25) is 0 Å². The highest BCUT2D eigenvalue weighted by Gasteiger charge is 2.07. The smallest absolute Gasteiger partial charge is 0.132 e. The Labute approximate surface area is 95.7 Å². The molecule has 1 aromatic rings. The Balaban J connectivity index is 2.56. The molecule has 1 N–H and O–H groups in total. The Kier molecular flexibility index (Phi) is 5.58. The van der Waals surface area contributed by atoms with Crippen LogP contribution in [0.2, 0.25) is 0 Å². The minimum Gasteiger partial charge on any atom is -0.496 e. The quantitative estimate of drug-likeness (QED) is 0.756. The molecule has 0 heterocycles. The van der Waals surface area contributed by atoms with Crippen LogP contribution in [0.4, 0.5) is 0 Å². The van der Waals surface area contributed by atoms with Crippen molar-refractivity contribution in [2.24, 2.45) is 5.92 Å². The van der Waals surface area contributed by atoms with Crippen LogP contribution >= 0.6 is 11.8 Å². The summed E-state index contributed by atoms with van der Waals surface area (Å²) in [6.45, 7) is 2.36. The molecule has 2 nitrogen and oxygen atoms in total. The normalized spacial score (nSPS) is 12.5. The summed E-state index contributed by atoms with van der Waals surface area (Å²) in [5.74, 6) is 2.23. The summed E-state index contributed by atoms with van der Waals surface area (Å²) in [5, 5.41) is 9.09. The van der Waals surface area contributed by atoms with Crippen molar-refractivity contribution >= 4 is 11.8 Å². The highest BCUT2D eigenvalue weighted by atomic mass is 32.2. The molecule has 15 heavy (non-hydrogen) atoms. The van der Waals surface area contributed by atoms with E-state index in [0.717, 1.165) is 22.8 Å². The van der Waals surface area contributed by atoms with Gasteiger partial charge in [0.1, 0.15) is 5.75 Å². The molecule has 0 bridgehead atoms. The summed E-state index contributed by atoms with van der Waals surface area (Å²) in [6.07, 6.45) is 1.01. The summed E-state index contributed by atoms with van der Waals surface area (Å²) in [7, 11) is 1.68. The van der Waals surface area contributed by atoms with Crippen LogP contribution in [-0.2, 0) is 0 Å². The highest BCUT2D eigenvalue weighted by molar-refractivity contribution is 7.99. The zero-order chi connectivity index (χ0) is 11.1. The van der Waals surface area contributed by atoms with Crippen molar-refractivity contribution in [2.75, 3.05) is 19.5 Å². The van der Waals surface area contributed by atoms with Crippen molar-refractivity contribution in [1.29, 1.82) is 0 Å². The predicted molar refractivity (Wildman–Crippen MR) is 64.6 cm³/mol. The van der Waals surface area contributed by atoms with E-state index < -0.39 is 0 Å². The molecule has 0 amide bonds. The van der Waals surface area contributed by atoms with Crippen molar-refractivity contribution in [3.63, 3.8) is 0 Å². The number of ether oxygens (including phenoxy) is 1. The Morgan fingerprint density at radius 3 is 2.73 bits per heavy atom. The van der Waals surface area contributed by atoms with Crippen LogP contribution < -0.4 is 4.74 Å². The first-order valence-electron chi connectivity index (χ1n) is 5.18. The van der Waals surface area contributed by atoms with Crippen molar-refractivity contribution in [1.82, 2.24) is 0 Å². The van der Waals surface area contributed by atoms with E-state index in [9.17, 15) is 0 Å². The van der Waals surface area contributed by atoms with Crippen molar-refractivity contribution in [2.45, 2.75) is 18.2 Å². The number of rotatable bonds is 6. The molecular formula is C12H18O2S. The first kappa shape index (κ1) is 12.4. The molecule has 0 aliphatic carbocycles. The topological polar surface area (TPSA) is 29.5 Å². The molecule has 3 heteroatoms. The minimum absolute atomic E-state index is 0.263. The lowest BCUT2D eigenvalue weighted by Crippen LogP contribution is -2.07. The van der Waals surface area contributed by atoms with Crippen LogP contribution in [0, 0.1) is 5.92 Å².